The average molecular weight is 170 g/mol. The van der Waals surface area contributed by atoms with Gasteiger partial charge in [0, 0.05) is 13.5 Å². The van der Waals surface area contributed by atoms with E-state index in [0.717, 1.165) is 12.3 Å². The van der Waals surface area contributed by atoms with Crippen LogP contribution in [0.15, 0.2) is 0 Å². The number of carbonyl (C=O) groups excluding carboxylic acids is 1. The van der Waals surface area contributed by atoms with Gasteiger partial charge in [-0.1, -0.05) is 19.3 Å². The highest BCUT2D eigenvalue weighted by atomic mass is 16.2. The van der Waals surface area contributed by atoms with Crippen LogP contribution >= 0.6 is 0 Å². The molecule has 0 radical (unpaired) electrons. The smallest absolute Gasteiger partial charge is 0.236 e. The van der Waals surface area contributed by atoms with Crippen LogP contribution in [0.3, 0.4) is 0 Å². The van der Waals surface area contributed by atoms with Gasteiger partial charge in [-0.25, -0.2) is 5.84 Å². The van der Waals surface area contributed by atoms with Gasteiger partial charge in [0.2, 0.25) is 5.91 Å². The summed E-state index contributed by atoms with van der Waals surface area (Å²) in [6, 6.07) is 0. The third-order valence-electron chi connectivity index (χ3n) is 2.62. The van der Waals surface area contributed by atoms with Crippen molar-refractivity contribution in [1.82, 2.24) is 5.01 Å². The van der Waals surface area contributed by atoms with Gasteiger partial charge in [0.15, 0.2) is 0 Å². The summed E-state index contributed by atoms with van der Waals surface area (Å²) in [5, 5.41) is 1.18. The van der Waals surface area contributed by atoms with Crippen molar-refractivity contribution < 1.29 is 4.79 Å². The van der Waals surface area contributed by atoms with Crippen LogP contribution in [-0.4, -0.2) is 18.0 Å². The highest BCUT2D eigenvalue weighted by molar-refractivity contribution is 5.75. The van der Waals surface area contributed by atoms with Crippen LogP contribution in [-0.2, 0) is 4.79 Å². The topological polar surface area (TPSA) is 46.3 Å². The van der Waals surface area contributed by atoms with E-state index in [0.29, 0.717) is 6.42 Å². The van der Waals surface area contributed by atoms with Crippen LogP contribution in [0.5, 0.6) is 0 Å². The number of rotatable bonds is 4. The zero-order chi connectivity index (χ0) is 8.97. The molecule has 0 saturated heterocycles. The molecule has 0 aliphatic heterocycles. The summed E-state index contributed by atoms with van der Waals surface area (Å²) in [6.45, 7) is 0. The number of carbonyl (C=O) groups is 1. The summed E-state index contributed by atoms with van der Waals surface area (Å²) in [4.78, 5) is 11.0. The van der Waals surface area contributed by atoms with E-state index in [4.69, 9.17) is 5.84 Å². The van der Waals surface area contributed by atoms with Crippen LogP contribution in [0.4, 0.5) is 0 Å². The Hall–Kier alpha value is -0.570. The minimum atomic E-state index is 0.0503. The number of hydrazine groups is 1. The van der Waals surface area contributed by atoms with Gasteiger partial charge in [0.05, 0.1) is 0 Å². The number of nitrogens with zero attached hydrogens (tertiary/aromatic N) is 1. The minimum absolute atomic E-state index is 0.0503. The summed E-state index contributed by atoms with van der Waals surface area (Å²) in [5.41, 5.74) is 0. The minimum Gasteiger partial charge on any atom is -0.284 e. The van der Waals surface area contributed by atoms with E-state index in [-0.39, 0.29) is 5.91 Å². The maximum atomic E-state index is 11.0. The van der Waals surface area contributed by atoms with E-state index in [1.165, 1.54) is 30.7 Å². The van der Waals surface area contributed by atoms with Crippen molar-refractivity contribution in [3.05, 3.63) is 0 Å². The predicted molar refractivity (Wildman–Crippen MR) is 48.1 cm³/mol. The van der Waals surface area contributed by atoms with Crippen molar-refractivity contribution in [1.29, 1.82) is 0 Å². The Bertz CT molecular complexity index is 153. The molecule has 0 bridgehead atoms. The zero-order valence-corrected chi connectivity index (χ0v) is 7.75. The predicted octanol–water partition coefficient (Wildman–Crippen LogP) is 1.29. The molecule has 0 aromatic heterocycles. The summed E-state index contributed by atoms with van der Waals surface area (Å²) >= 11 is 0. The van der Waals surface area contributed by atoms with Crippen LogP contribution in [0.2, 0.25) is 0 Å². The van der Waals surface area contributed by atoms with Gasteiger partial charge in [-0.15, -0.1) is 0 Å². The van der Waals surface area contributed by atoms with Gasteiger partial charge in [-0.3, -0.25) is 9.80 Å². The third kappa shape index (κ3) is 2.81. The number of hydrogen-bond donors (Lipinski definition) is 1. The molecule has 2 N–H and O–H groups in total. The van der Waals surface area contributed by atoms with Crippen LogP contribution < -0.4 is 5.84 Å². The maximum Gasteiger partial charge on any atom is 0.236 e. The zero-order valence-electron chi connectivity index (χ0n) is 7.75. The van der Waals surface area contributed by atoms with Crippen LogP contribution in [0.25, 0.3) is 0 Å². The largest absolute Gasteiger partial charge is 0.284 e. The molecule has 1 aliphatic rings. The fourth-order valence-corrected chi connectivity index (χ4v) is 1.50. The molecule has 0 unspecified atom stereocenters. The van der Waals surface area contributed by atoms with Gasteiger partial charge in [0.25, 0.3) is 0 Å². The monoisotopic (exact) mass is 170 g/mol. The molecule has 3 heteroatoms. The maximum absolute atomic E-state index is 11.0. The van der Waals surface area contributed by atoms with Gasteiger partial charge in [-0.05, 0) is 18.8 Å². The second-order valence-corrected chi connectivity index (χ2v) is 3.69. The van der Waals surface area contributed by atoms with E-state index in [9.17, 15) is 4.79 Å². The molecule has 12 heavy (non-hydrogen) atoms. The Balaban J connectivity index is 1.97. The standard InChI is InChI=1S/C9H18N2O/c1-11(10)9(12)7-3-6-8-4-2-5-8/h8H,2-7,10H2,1H3. The fraction of sp³-hybridized carbons (Fsp3) is 0.889. The number of hydrogen-bond acceptors (Lipinski definition) is 2. The first-order valence-electron chi connectivity index (χ1n) is 4.71. The molecule has 1 fully saturated rings. The van der Waals surface area contributed by atoms with Gasteiger partial charge in [-0.2, -0.15) is 0 Å². The third-order valence-corrected chi connectivity index (χ3v) is 2.62. The second kappa shape index (κ2) is 4.45. The molecular weight excluding hydrogens is 152 g/mol. The Kier molecular flexibility index (Phi) is 3.53. The normalized spacial score (nSPS) is 17.2. The second-order valence-electron chi connectivity index (χ2n) is 3.69. The van der Waals surface area contributed by atoms with Gasteiger partial charge >= 0.3 is 0 Å². The van der Waals surface area contributed by atoms with Crippen molar-refractivity contribution in [2.75, 3.05) is 7.05 Å². The first-order chi connectivity index (χ1) is 5.70. The fourth-order valence-electron chi connectivity index (χ4n) is 1.50. The highest BCUT2D eigenvalue weighted by Crippen LogP contribution is 2.30. The molecule has 0 aromatic carbocycles. The summed E-state index contributed by atoms with van der Waals surface area (Å²) in [6.07, 6.45) is 6.95. The molecule has 1 saturated carbocycles. The molecular formula is C9H18N2O. The molecule has 1 rings (SSSR count). The lowest BCUT2D eigenvalue weighted by molar-refractivity contribution is -0.130. The molecule has 70 valence electrons. The molecule has 0 heterocycles. The Morgan fingerprint density at radius 1 is 1.58 bits per heavy atom. The Morgan fingerprint density at radius 2 is 2.25 bits per heavy atom. The highest BCUT2D eigenvalue weighted by Gasteiger charge is 2.17. The van der Waals surface area contributed by atoms with Crippen molar-refractivity contribution in [2.45, 2.75) is 38.5 Å². The van der Waals surface area contributed by atoms with Crippen molar-refractivity contribution in [3.63, 3.8) is 0 Å². The molecule has 0 atom stereocenters. The van der Waals surface area contributed by atoms with Crippen molar-refractivity contribution >= 4 is 5.91 Å². The molecule has 1 amide bonds. The van der Waals surface area contributed by atoms with Gasteiger partial charge < -0.3 is 0 Å². The first kappa shape index (κ1) is 9.52. The quantitative estimate of drug-likeness (QED) is 0.392. The van der Waals surface area contributed by atoms with E-state index in [1.807, 2.05) is 0 Å². The van der Waals surface area contributed by atoms with E-state index >= 15 is 0 Å². The van der Waals surface area contributed by atoms with E-state index in [1.54, 1.807) is 7.05 Å². The number of nitrogens with two attached hydrogens (primary N) is 1. The van der Waals surface area contributed by atoms with E-state index in [2.05, 4.69) is 0 Å². The molecule has 3 nitrogen and oxygen atoms in total. The SMILES string of the molecule is CN(N)C(=O)CCCC1CCC1. The van der Waals surface area contributed by atoms with Crippen LogP contribution in [0.1, 0.15) is 38.5 Å². The molecule has 1 aliphatic carbocycles. The summed E-state index contributed by atoms with van der Waals surface area (Å²) < 4.78 is 0. The van der Waals surface area contributed by atoms with Crippen molar-refractivity contribution in [2.24, 2.45) is 11.8 Å². The van der Waals surface area contributed by atoms with E-state index < -0.39 is 0 Å². The summed E-state index contributed by atoms with van der Waals surface area (Å²) in [5.74, 6) is 6.24. The lowest BCUT2D eigenvalue weighted by Crippen LogP contribution is -2.32. The first-order valence-corrected chi connectivity index (χ1v) is 4.71. The lowest BCUT2D eigenvalue weighted by atomic mass is 9.82. The van der Waals surface area contributed by atoms with Crippen molar-refractivity contribution in [3.8, 4) is 0 Å². The molecule has 0 aromatic rings. The average Bonchev–Trinajstić information content (AvgIpc) is 1.93. The van der Waals surface area contributed by atoms with Gasteiger partial charge in [0.1, 0.15) is 0 Å². The number of amides is 1. The lowest BCUT2D eigenvalue weighted by Gasteiger charge is -2.25. The molecule has 0 spiro atoms. The Morgan fingerprint density at radius 3 is 2.67 bits per heavy atom. The van der Waals surface area contributed by atoms with Crippen LogP contribution in [0, 0.1) is 5.92 Å². The summed E-state index contributed by atoms with van der Waals surface area (Å²) in [7, 11) is 1.60. The Labute approximate surface area is 73.9 Å².